The number of rotatable bonds is 5. The Labute approximate surface area is 189 Å². The van der Waals surface area contributed by atoms with E-state index in [9.17, 15) is 13.6 Å². The van der Waals surface area contributed by atoms with Crippen molar-refractivity contribution in [3.63, 3.8) is 0 Å². The second-order valence-electron chi connectivity index (χ2n) is 8.26. The Morgan fingerprint density at radius 1 is 1.13 bits per heavy atom. The van der Waals surface area contributed by atoms with Gasteiger partial charge in [0.05, 0.1) is 16.8 Å². The van der Waals surface area contributed by atoms with Crippen LogP contribution in [0.5, 0.6) is 0 Å². The third-order valence-electron chi connectivity index (χ3n) is 6.25. The summed E-state index contributed by atoms with van der Waals surface area (Å²) in [4.78, 5) is 18.1. The molecule has 31 heavy (non-hydrogen) atoms. The quantitative estimate of drug-likeness (QED) is 0.404. The first-order valence-electron chi connectivity index (χ1n) is 10.7. The Hall–Kier alpha value is -2.34. The van der Waals surface area contributed by atoms with Crippen molar-refractivity contribution in [3.8, 4) is 11.3 Å². The Kier molecular flexibility index (Phi) is 6.65. The number of benzene rings is 2. The summed E-state index contributed by atoms with van der Waals surface area (Å²) >= 11 is 3.50. The molecule has 162 valence electrons. The fraction of sp³-hybridized carbons (Fsp3) is 0.360. The lowest BCUT2D eigenvalue weighted by atomic mass is 9.84. The van der Waals surface area contributed by atoms with Gasteiger partial charge in [-0.3, -0.25) is 4.79 Å². The zero-order chi connectivity index (χ0) is 22.0. The number of pyridine rings is 1. The zero-order valence-corrected chi connectivity index (χ0v) is 19.0. The van der Waals surface area contributed by atoms with Gasteiger partial charge in [0.15, 0.2) is 11.6 Å². The second kappa shape index (κ2) is 9.43. The second-order valence-corrected chi connectivity index (χ2v) is 8.82. The predicted octanol–water partition coefficient (Wildman–Crippen LogP) is 6.77. The Balaban J connectivity index is 1.85. The Bertz CT molecular complexity index is 1100. The monoisotopic (exact) mass is 486 g/mol. The molecule has 0 aliphatic heterocycles. The van der Waals surface area contributed by atoms with Crippen molar-refractivity contribution in [2.24, 2.45) is 5.92 Å². The summed E-state index contributed by atoms with van der Waals surface area (Å²) < 4.78 is 28.2. The van der Waals surface area contributed by atoms with Crippen molar-refractivity contribution in [3.05, 3.63) is 65.2 Å². The van der Waals surface area contributed by atoms with Crippen molar-refractivity contribution >= 4 is 32.7 Å². The van der Waals surface area contributed by atoms with Crippen LogP contribution in [0.2, 0.25) is 0 Å². The lowest BCUT2D eigenvalue weighted by Crippen LogP contribution is -2.39. The molecule has 3 aromatic rings. The molecule has 6 heteroatoms. The molecule has 1 fully saturated rings. The van der Waals surface area contributed by atoms with Crippen LogP contribution in [-0.2, 0) is 5.33 Å². The molecule has 1 aromatic heterocycles. The van der Waals surface area contributed by atoms with Gasteiger partial charge in [-0.25, -0.2) is 13.8 Å². The van der Waals surface area contributed by atoms with Crippen LogP contribution in [0.15, 0.2) is 42.5 Å². The molecule has 1 saturated carbocycles. The first-order valence-corrected chi connectivity index (χ1v) is 11.9. The summed E-state index contributed by atoms with van der Waals surface area (Å²) in [6.07, 6.45) is 5.79. The summed E-state index contributed by atoms with van der Waals surface area (Å²) in [5, 5.41) is 3.82. The number of aromatic nitrogens is 1. The number of fused-ring (bicyclic) bond motifs is 1. The van der Waals surface area contributed by atoms with E-state index in [0.717, 1.165) is 30.5 Å². The van der Waals surface area contributed by atoms with Gasteiger partial charge in [-0.05, 0) is 31.7 Å². The molecule has 0 bridgehead atoms. The highest BCUT2D eigenvalue weighted by Gasteiger charge is 2.26. The molecule has 0 spiro atoms. The molecule has 1 amide bonds. The van der Waals surface area contributed by atoms with Gasteiger partial charge in [-0.1, -0.05) is 65.5 Å². The number of hydrogen-bond acceptors (Lipinski definition) is 2. The molecule has 0 radical (unpaired) electrons. The first kappa shape index (κ1) is 21.9. The molecule has 1 N–H and O–H groups in total. The van der Waals surface area contributed by atoms with E-state index in [1.165, 1.54) is 19.3 Å². The van der Waals surface area contributed by atoms with E-state index in [2.05, 4.69) is 26.2 Å². The molecule has 1 atom stereocenters. The van der Waals surface area contributed by atoms with E-state index in [4.69, 9.17) is 0 Å². The van der Waals surface area contributed by atoms with Crippen LogP contribution < -0.4 is 5.32 Å². The average Bonchev–Trinajstić information content (AvgIpc) is 2.79. The molecule has 0 unspecified atom stereocenters. The van der Waals surface area contributed by atoms with Crippen molar-refractivity contribution in [1.82, 2.24) is 10.3 Å². The third-order valence-corrected chi connectivity index (χ3v) is 6.81. The summed E-state index contributed by atoms with van der Waals surface area (Å²) in [5.74, 6) is -1.81. The maximum Gasteiger partial charge on any atom is 0.252 e. The molecule has 4 rings (SSSR count). The maximum absolute atomic E-state index is 14.2. The van der Waals surface area contributed by atoms with Crippen molar-refractivity contribution in [2.45, 2.75) is 50.4 Å². The summed E-state index contributed by atoms with van der Waals surface area (Å²) in [7, 11) is 0. The number of amides is 1. The number of hydrogen-bond donors (Lipinski definition) is 1. The topological polar surface area (TPSA) is 42.0 Å². The smallest absolute Gasteiger partial charge is 0.252 e. The van der Waals surface area contributed by atoms with Gasteiger partial charge < -0.3 is 5.32 Å². The number of nitrogens with zero attached hydrogens (tertiary/aromatic N) is 1. The van der Waals surface area contributed by atoms with Gasteiger partial charge in [-0.15, -0.1) is 0 Å². The van der Waals surface area contributed by atoms with Crippen LogP contribution in [0.1, 0.15) is 54.9 Å². The zero-order valence-electron chi connectivity index (χ0n) is 17.4. The summed E-state index contributed by atoms with van der Waals surface area (Å²) in [5.41, 5.74) is 2.68. The van der Waals surface area contributed by atoms with Gasteiger partial charge in [-0.2, -0.15) is 0 Å². The maximum atomic E-state index is 14.2. The van der Waals surface area contributed by atoms with Gasteiger partial charge >= 0.3 is 0 Å². The van der Waals surface area contributed by atoms with E-state index < -0.39 is 11.6 Å². The van der Waals surface area contributed by atoms with E-state index in [-0.39, 0.29) is 17.5 Å². The minimum Gasteiger partial charge on any atom is -0.349 e. The minimum atomic E-state index is -0.989. The molecule has 1 heterocycles. The van der Waals surface area contributed by atoms with E-state index >= 15 is 0 Å². The first-order chi connectivity index (χ1) is 15.0. The van der Waals surface area contributed by atoms with Crippen molar-refractivity contribution in [2.75, 3.05) is 0 Å². The highest BCUT2D eigenvalue weighted by atomic mass is 79.9. The highest BCUT2D eigenvalue weighted by Crippen LogP contribution is 2.33. The average molecular weight is 487 g/mol. The van der Waals surface area contributed by atoms with Crippen LogP contribution in [0, 0.1) is 17.6 Å². The molecule has 0 saturated heterocycles. The normalized spacial score (nSPS) is 15.7. The van der Waals surface area contributed by atoms with Crippen LogP contribution in [0.3, 0.4) is 0 Å². The highest BCUT2D eigenvalue weighted by molar-refractivity contribution is 9.08. The largest absolute Gasteiger partial charge is 0.349 e. The van der Waals surface area contributed by atoms with Crippen LogP contribution in [-0.4, -0.2) is 16.9 Å². The number of alkyl halides is 1. The minimum absolute atomic E-state index is 0.00432. The molecule has 2 aromatic carbocycles. The molecular weight excluding hydrogens is 462 g/mol. The SMILES string of the molecule is C[C@H](NC(=O)c1c(CBr)c(-c2ccccc2)nc2cc(F)c(F)cc12)C1CCCCC1. The standard InChI is InChI=1S/C25H25BrF2N2O/c1-15(16-8-4-2-5-9-16)29-25(31)23-18-12-20(27)21(28)13-22(18)30-24(19(23)14-26)17-10-6-3-7-11-17/h3,6-7,10-13,15-16H,2,4-5,8-9,14H2,1H3,(H,29,31)/t15-/m0/s1. The van der Waals surface area contributed by atoms with E-state index in [1.807, 2.05) is 37.3 Å². The van der Waals surface area contributed by atoms with Crippen LogP contribution >= 0.6 is 15.9 Å². The Morgan fingerprint density at radius 2 is 1.81 bits per heavy atom. The molecule has 3 nitrogen and oxygen atoms in total. The molecule has 1 aliphatic rings. The van der Waals surface area contributed by atoms with E-state index in [1.54, 1.807) is 0 Å². The van der Waals surface area contributed by atoms with Gasteiger partial charge in [0.2, 0.25) is 0 Å². The van der Waals surface area contributed by atoms with Crippen LogP contribution in [0.4, 0.5) is 8.78 Å². The van der Waals surface area contributed by atoms with Gasteiger partial charge in [0, 0.05) is 34.0 Å². The molecular formula is C25H25BrF2N2O. The van der Waals surface area contributed by atoms with Gasteiger partial charge in [0.25, 0.3) is 5.91 Å². The number of carbonyl (C=O) groups is 1. The summed E-state index contributed by atoms with van der Waals surface area (Å²) in [6.45, 7) is 2.03. The fourth-order valence-corrected chi connectivity index (χ4v) is 5.10. The Morgan fingerprint density at radius 3 is 2.48 bits per heavy atom. The van der Waals surface area contributed by atoms with Crippen molar-refractivity contribution in [1.29, 1.82) is 0 Å². The summed E-state index contributed by atoms with van der Waals surface area (Å²) in [6, 6.07) is 11.6. The predicted molar refractivity (Wildman–Crippen MR) is 123 cm³/mol. The third kappa shape index (κ3) is 4.49. The number of halogens is 3. The number of nitrogens with one attached hydrogen (secondary N) is 1. The number of carbonyl (C=O) groups excluding carboxylic acids is 1. The van der Waals surface area contributed by atoms with Crippen LogP contribution in [0.25, 0.3) is 22.2 Å². The lowest BCUT2D eigenvalue weighted by molar-refractivity contribution is 0.0920. The van der Waals surface area contributed by atoms with E-state index in [0.29, 0.717) is 33.5 Å². The fourth-order valence-electron chi connectivity index (χ4n) is 4.55. The van der Waals surface area contributed by atoms with Crippen molar-refractivity contribution < 1.29 is 13.6 Å². The van der Waals surface area contributed by atoms with Gasteiger partial charge in [0.1, 0.15) is 0 Å². The lowest BCUT2D eigenvalue weighted by Gasteiger charge is -2.28. The molecule has 1 aliphatic carbocycles.